The van der Waals surface area contributed by atoms with Crippen LogP contribution in [0.5, 0.6) is 11.5 Å². The number of carbonyl (C=O) groups excluding carboxylic acids is 1. The Balaban J connectivity index is 2.14. The second-order valence-corrected chi connectivity index (χ2v) is 7.35. The Morgan fingerprint density at radius 1 is 1.04 bits per heavy atom. The first-order chi connectivity index (χ1) is 13.4. The summed E-state index contributed by atoms with van der Waals surface area (Å²) in [5.41, 5.74) is 0.00110. The summed E-state index contributed by atoms with van der Waals surface area (Å²) in [4.78, 5) is 16.2. The molecule has 0 aliphatic heterocycles. The average Bonchev–Trinajstić information content (AvgIpc) is 2.72. The molecule has 1 aromatic heterocycles. The number of aromatic nitrogens is 1. The predicted molar refractivity (Wildman–Crippen MR) is 103 cm³/mol. The van der Waals surface area contributed by atoms with Gasteiger partial charge in [-0.3, -0.25) is 9.71 Å². The van der Waals surface area contributed by atoms with Crippen molar-refractivity contribution in [1.29, 1.82) is 0 Å². The molecule has 3 rings (SSSR count). The average molecular weight is 402 g/mol. The minimum Gasteiger partial charge on any atom is -0.493 e. The Bertz CT molecular complexity index is 1140. The van der Waals surface area contributed by atoms with E-state index in [-0.39, 0.29) is 27.6 Å². The van der Waals surface area contributed by atoms with Crippen LogP contribution in [0, 0.1) is 0 Å². The highest BCUT2D eigenvalue weighted by molar-refractivity contribution is 7.93. The van der Waals surface area contributed by atoms with E-state index < -0.39 is 16.0 Å². The second kappa shape index (κ2) is 7.73. The highest BCUT2D eigenvalue weighted by atomic mass is 32.2. The van der Waals surface area contributed by atoms with Crippen molar-refractivity contribution >= 4 is 32.5 Å². The van der Waals surface area contributed by atoms with Crippen molar-refractivity contribution in [2.75, 3.05) is 26.1 Å². The number of ether oxygens (including phenoxy) is 3. The normalized spacial score (nSPS) is 11.1. The fourth-order valence-corrected chi connectivity index (χ4v) is 4.07. The molecule has 0 aliphatic rings. The van der Waals surface area contributed by atoms with E-state index in [1.165, 1.54) is 45.7 Å². The molecule has 1 heterocycles. The molecular weight excluding hydrogens is 384 g/mol. The maximum absolute atomic E-state index is 13.1. The molecule has 0 saturated carbocycles. The standard InChI is InChI=1S/C19H18N2O6S/c1-25-16-9-14(19(22)27-3)15(10-17(16)26-2)21-28(23,24)18-6-4-5-12-11-20-8-7-13(12)18/h4-11,21H,1-3H3. The van der Waals surface area contributed by atoms with Crippen molar-refractivity contribution in [1.82, 2.24) is 4.98 Å². The summed E-state index contributed by atoms with van der Waals surface area (Å²) >= 11 is 0. The summed E-state index contributed by atoms with van der Waals surface area (Å²) in [6.45, 7) is 0. The molecule has 28 heavy (non-hydrogen) atoms. The monoisotopic (exact) mass is 402 g/mol. The van der Waals surface area contributed by atoms with Crippen LogP contribution >= 0.6 is 0 Å². The van der Waals surface area contributed by atoms with Crippen LogP contribution in [0.4, 0.5) is 5.69 Å². The lowest BCUT2D eigenvalue weighted by Crippen LogP contribution is -2.17. The van der Waals surface area contributed by atoms with E-state index in [2.05, 4.69) is 9.71 Å². The van der Waals surface area contributed by atoms with Crippen molar-refractivity contribution < 1.29 is 27.4 Å². The molecule has 0 aliphatic carbocycles. The van der Waals surface area contributed by atoms with Gasteiger partial charge in [0.25, 0.3) is 10.0 Å². The van der Waals surface area contributed by atoms with Gasteiger partial charge < -0.3 is 14.2 Å². The van der Waals surface area contributed by atoms with Gasteiger partial charge in [-0.2, -0.15) is 0 Å². The molecule has 146 valence electrons. The number of sulfonamides is 1. The Kier molecular flexibility index (Phi) is 5.36. The molecule has 0 amide bonds. The molecular formula is C19H18N2O6S. The maximum atomic E-state index is 13.1. The zero-order valence-electron chi connectivity index (χ0n) is 15.4. The van der Waals surface area contributed by atoms with Crippen LogP contribution in [0.1, 0.15) is 10.4 Å². The van der Waals surface area contributed by atoms with Gasteiger partial charge in [0.2, 0.25) is 0 Å². The summed E-state index contributed by atoms with van der Waals surface area (Å²) in [5, 5.41) is 1.18. The fraction of sp³-hybridized carbons (Fsp3) is 0.158. The number of carbonyl (C=O) groups is 1. The maximum Gasteiger partial charge on any atom is 0.340 e. The van der Waals surface area contributed by atoms with E-state index in [4.69, 9.17) is 14.2 Å². The van der Waals surface area contributed by atoms with E-state index in [0.29, 0.717) is 10.8 Å². The zero-order chi connectivity index (χ0) is 20.3. The fourth-order valence-electron chi connectivity index (χ4n) is 2.77. The Labute approximate surface area is 162 Å². The highest BCUT2D eigenvalue weighted by Crippen LogP contribution is 2.35. The zero-order valence-corrected chi connectivity index (χ0v) is 16.2. The number of nitrogens with one attached hydrogen (secondary N) is 1. The van der Waals surface area contributed by atoms with Gasteiger partial charge in [-0.1, -0.05) is 12.1 Å². The number of nitrogens with zero attached hydrogens (tertiary/aromatic N) is 1. The molecule has 0 spiro atoms. The number of pyridine rings is 1. The van der Waals surface area contributed by atoms with Crippen LogP contribution in [-0.4, -0.2) is 40.7 Å². The van der Waals surface area contributed by atoms with E-state index in [1.54, 1.807) is 24.4 Å². The Morgan fingerprint density at radius 2 is 1.75 bits per heavy atom. The number of esters is 1. The van der Waals surface area contributed by atoms with Crippen molar-refractivity contribution in [2.45, 2.75) is 4.90 Å². The van der Waals surface area contributed by atoms with E-state index in [0.717, 1.165) is 0 Å². The van der Waals surface area contributed by atoms with Gasteiger partial charge in [0.05, 0.1) is 37.5 Å². The van der Waals surface area contributed by atoms with Gasteiger partial charge in [0.1, 0.15) is 0 Å². The molecule has 8 nitrogen and oxygen atoms in total. The van der Waals surface area contributed by atoms with Crippen LogP contribution in [-0.2, 0) is 14.8 Å². The third kappa shape index (κ3) is 3.56. The molecule has 3 aromatic rings. The number of hydrogen-bond donors (Lipinski definition) is 1. The Morgan fingerprint density at radius 3 is 2.43 bits per heavy atom. The number of rotatable bonds is 6. The molecule has 2 aromatic carbocycles. The first-order valence-electron chi connectivity index (χ1n) is 8.11. The van der Waals surface area contributed by atoms with Crippen molar-refractivity contribution in [3.63, 3.8) is 0 Å². The number of fused-ring (bicyclic) bond motifs is 1. The number of anilines is 1. The molecule has 0 atom stereocenters. The minimum absolute atomic E-state index is 0.00868. The van der Waals surface area contributed by atoms with Crippen molar-refractivity contribution in [3.05, 3.63) is 54.4 Å². The van der Waals surface area contributed by atoms with Crippen molar-refractivity contribution in [2.24, 2.45) is 0 Å². The lowest BCUT2D eigenvalue weighted by molar-refractivity contribution is 0.0601. The third-order valence-electron chi connectivity index (χ3n) is 4.10. The summed E-state index contributed by atoms with van der Waals surface area (Å²) < 4.78 is 43.8. The predicted octanol–water partition coefficient (Wildman–Crippen LogP) is 2.84. The molecule has 1 N–H and O–H groups in total. The summed E-state index contributed by atoms with van der Waals surface area (Å²) in [5.74, 6) is -0.196. The first kappa shape index (κ1) is 19.4. The molecule has 0 unspecified atom stereocenters. The minimum atomic E-state index is -4.03. The first-order valence-corrected chi connectivity index (χ1v) is 9.59. The van der Waals surface area contributed by atoms with Crippen LogP contribution in [0.15, 0.2) is 53.7 Å². The lowest BCUT2D eigenvalue weighted by atomic mass is 10.1. The molecule has 0 radical (unpaired) electrons. The van der Waals surface area contributed by atoms with Gasteiger partial charge >= 0.3 is 5.97 Å². The quantitative estimate of drug-likeness (QED) is 0.632. The lowest BCUT2D eigenvalue weighted by Gasteiger charge is -2.16. The number of hydrogen-bond acceptors (Lipinski definition) is 7. The number of methoxy groups -OCH3 is 3. The van der Waals surface area contributed by atoms with Crippen LogP contribution in [0.2, 0.25) is 0 Å². The van der Waals surface area contributed by atoms with E-state index >= 15 is 0 Å². The SMILES string of the molecule is COC(=O)c1cc(OC)c(OC)cc1NS(=O)(=O)c1cccc2cnccc12. The van der Waals surface area contributed by atoms with Crippen LogP contribution < -0.4 is 14.2 Å². The van der Waals surface area contributed by atoms with Gasteiger partial charge in [0.15, 0.2) is 11.5 Å². The highest BCUT2D eigenvalue weighted by Gasteiger charge is 2.23. The largest absolute Gasteiger partial charge is 0.493 e. The second-order valence-electron chi connectivity index (χ2n) is 5.70. The van der Waals surface area contributed by atoms with E-state index in [9.17, 15) is 13.2 Å². The van der Waals surface area contributed by atoms with Gasteiger partial charge in [0, 0.05) is 35.3 Å². The van der Waals surface area contributed by atoms with E-state index in [1.807, 2.05) is 0 Å². The van der Waals surface area contributed by atoms with Crippen LogP contribution in [0.3, 0.4) is 0 Å². The van der Waals surface area contributed by atoms with Gasteiger partial charge in [-0.05, 0) is 12.1 Å². The molecule has 0 bridgehead atoms. The van der Waals surface area contributed by atoms with Gasteiger partial charge in [-0.25, -0.2) is 13.2 Å². The molecule has 9 heteroatoms. The molecule has 0 saturated heterocycles. The topological polar surface area (TPSA) is 104 Å². The molecule has 0 fully saturated rings. The number of benzene rings is 2. The smallest absolute Gasteiger partial charge is 0.340 e. The van der Waals surface area contributed by atoms with Crippen LogP contribution in [0.25, 0.3) is 10.8 Å². The van der Waals surface area contributed by atoms with Crippen molar-refractivity contribution in [3.8, 4) is 11.5 Å². The van der Waals surface area contributed by atoms with Gasteiger partial charge in [-0.15, -0.1) is 0 Å². The summed E-state index contributed by atoms with van der Waals surface area (Å²) in [7, 11) is -0.00924. The summed E-state index contributed by atoms with van der Waals surface area (Å²) in [6, 6.07) is 9.19. The summed E-state index contributed by atoms with van der Waals surface area (Å²) in [6.07, 6.45) is 3.09. The third-order valence-corrected chi connectivity index (χ3v) is 5.53. The Hall–Kier alpha value is -3.33.